The van der Waals surface area contributed by atoms with Gasteiger partial charge in [-0.2, -0.15) is 0 Å². The summed E-state index contributed by atoms with van der Waals surface area (Å²) in [7, 11) is 0. The number of hydrogen-bond donors (Lipinski definition) is 0. The van der Waals surface area contributed by atoms with Crippen molar-refractivity contribution in [3.63, 3.8) is 0 Å². The van der Waals surface area contributed by atoms with E-state index in [0.29, 0.717) is 23.4 Å². The summed E-state index contributed by atoms with van der Waals surface area (Å²) in [6.45, 7) is 0.533. The number of anilines is 1. The predicted molar refractivity (Wildman–Crippen MR) is 59.0 cm³/mol. The molecule has 5 heteroatoms. The van der Waals surface area contributed by atoms with Crippen LogP contribution in [0.5, 0.6) is 0 Å². The fraction of sp³-hybridized carbons (Fsp3) is 0.300. The van der Waals surface area contributed by atoms with E-state index in [0.717, 1.165) is 0 Å². The lowest BCUT2D eigenvalue weighted by atomic mass is 10.1. The maximum absolute atomic E-state index is 11.6. The van der Waals surface area contributed by atoms with Gasteiger partial charge in [0, 0.05) is 18.9 Å². The van der Waals surface area contributed by atoms with Crippen LogP contribution in [-0.4, -0.2) is 22.6 Å². The van der Waals surface area contributed by atoms with Crippen LogP contribution in [0.2, 0.25) is 0 Å². The molecule has 1 amide bonds. The molecule has 1 aliphatic heterocycles. The van der Waals surface area contributed by atoms with Gasteiger partial charge in [-0.1, -0.05) is 0 Å². The van der Waals surface area contributed by atoms with E-state index in [1.165, 1.54) is 0 Å². The van der Waals surface area contributed by atoms with Gasteiger partial charge in [0.1, 0.15) is 4.60 Å². The lowest BCUT2D eigenvalue weighted by Crippen LogP contribution is -2.25. The number of hydrogen-bond acceptors (Lipinski definition) is 3. The first-order chi connectivity index (χ1) is 7.20. The van der Waals surface area contributed by atoms with E-state index in [1.807, 2.05) is 0 Å². The molecule has 0 radical (unpaired) electrons. The van der Waals surface area contributed by atoms with Crippen LogP contribution in [0.15, 0.2) is 16.7 Å². The highest BCUT2D eigenvalue weighted by Crippen LogP contribution is 2.22. The van der Waals surface area contributed by atoms with Crippen LogP contribution in [0.4, 0.5) is 5.82 Å². The van der Waals surface area contributed by atoms with Crippen LogP contribution in [0.25, 0.3) is 0 Å². The number of terminal acetylenes is 1. The normalized spacial score (nSPS) is 20.4. The maximum atomic E-state index is 11.6. The minimum Gasteiger partial charge on any atom is -0.294 e. The summed E-state index contributed by atoms with van der Waals surface area (Å²) in [5, 5.41) is 7.75. The molecular formula is C10H8BrN3O. The summed E-state index contributed by atoms with van der Waals surface area (Å²) in [4.78, 5) is 13.2. The highest BCUT2D eigenvalue weighted by atomic mass is 79.9. The molecule has 15 heavy (non-hydrogen) atoms. The number of aromatic nitrogens is 2. The van der Waals surface area contributed by atoms with Crippen molar-refractivity contribution in [3.05, 3.63) is 16.7 Å². The Morgan fingerprint density at radius 1 is 1.53 bits per heavy atom. The minimum atomic E-state index is -0.0112. The molecular weight excluding hydrogens is 258 g/mol. The molecule has 0 bridgehead atoms. The van der Waals surface area contributed by atoms with E-state index in [2.05, 4.69) is 32.0 Å². The summed E-state index contributed by atoms with van der Waals surface area (Å²) in [6.07, 6.45) is 5.69. The molecule has 0 spiro atoms. The highest BCUT2D eigenvalue weighted by Gasteiger charge is 2.30. The standard InChI is InChI=1S/C10H8BrN3O/c1-2-7-5-10(15)14(6-7)9-4-3-8(11)12-13-9/h1,3-4,7H,5-6H2. The predicted octanol–water partition coefficient (Wildman–Crippen LogP) is 1.23. The molecule has 1 fully saturated rings. The zero-order chi connectivity index (χ0) is 10.8. The van der Waals surface area contributed by atoms with Gasteiger partial charge < -0.3 is 0 Å². The van der Waals surface area contributed by atoms with Crippen molar-refractivity contribution >= 4 is 27.7 Å². The van der Waals surface area contributed by atoms with Gasteiger partial charge in [-0.15, -0.1) is 22.5 Å². The van der Waals surface area contributed by atoms with Crippen molar-refractivity contribution < 1.29 is 4.79 Å². The van der Waals surface area contributed by atoms with E-state index in [4.69, 9.17) is 6.42 Å². The third-order valence-corrected chi connectivity index (χ3v) is 2.68. The quantitative estimate of drug-likeness (QED) is 0.718. The van der Waals surface area contributed by atoms with E-state index in [-0.39, 0.29) is 11.8 Å². The summed E-state index contributed by atoms with van der Waals surface area (Å²) in [5.41, 5.74) is 0. The van der Waals surface area contributed by atoms with Crippen molar-refractivity contribution in [1.82, 2.24) is 10.2 Å². The Bertz CT molecular complexity index is 423. The summed E-state index contributed by atoms with van der Waals surface area (Å²) >= 11 is 3.19. The van der Waals surface area contributed by atoms with Gasteiger partial charge in [-0.3, -0.25) is 9.69 Å². The molecule has 0 saturated carbocycles. The number of halogens is 1. The Morgan fingerprint density at radius 2 is 2.33 bits per heavy atom. The second-order valence-corrected chi connectivity index (χ2v) is 4.10. The van der Waals surface area contributed by atoms with E-state index in [9.17, 15) is 4.79 Å². The maximum Gasteiger partial charge on any atom is 0.229 e. The number of carbonyl (C=O) groups excluding carboxylic acids is 1. The molecule has 1 aromatic heterocycles. The molecule has 1 saturated heterocycles. The first kappa shape index (κ1) is 10.1. The highest BCUT2D eigenvalue weighted by molar-refractivity contribution is 9.10. The van der Waals surface area contributed by atoms with Gasteiger partial charge in [0.15, 0.2) is 5.82 Å². The topological polar surface area (TPSA) is 46.1 Å². The summed E-state index contributed by atoms with van der Waals surface area (Å²) in [5.74, 6) is 3.14. The van der Waals surface area contributed by atoms with Gasteiger partial charge in [0.2, 0.25) is 5.91 Å². The zero-order valence-electron chi connectivity index (χ0n) is 7.85. The molecule has 1 aliphatic rings. The largest absolute Gasteiger partial charge is 0.294 e. The van der Waals surface area contributed by atoms with Gasteiger partial charge >= 0.3 is 0 Å². The van der Waals surface area contributed by atoms with Crippen LogP contribution in [0, 0.1) is 18.3 Å². The van der Waals surface area contributed by atoms with Gasteiger partial charge in [0.25, 0.3) is 0 Å². The number of rotatable bonds is 1. The molecule has 1 aromatic rings. The first-order valence-corrected chi connectivity index (χ1v) is 5.25. The molecule has 0 N–H and O–H groups in total. The lowest BCUT2D eigenvalue weighted by molar-refractivity contribution is -0.117. The minimum absolute atomic E-state index is 0.00886. The fourth-order valence-corrected chi connectivity index (χ4v) is 1.71. The Labute approximate surface area is 95.8 Å². The van der Waals surface area contributed by atoms with Crippen LogP contribution in [0.1, 0.15) is 6.42 Å². The van der Waals surface area contributed by atoms with Crippen LogP contribution >= 0.6 is 15.9 Å². The number of amides is 1. The van der Waals surface area contributed by atoms with Crippen LogP contribution in [-0.2, 0) is 4.79 Å². The van der Waals surface area contributed by atoms with E-state index >= 15 is 0 Å². The SMILES string of the molecule is C#CC1CC(=O)N(c2ccc(Br)nn2)C1. The second kappa shape index (κ2) is 3.99. The second-order valence-electron chi connectivity index (χ2n) is 3.29. The van der Waals surface area contributed by atoms with Crippen molar-refractivity contribution in [3.8, 4) is 12.3 Å². The molecule has 4 nitrogen and oxygen atoms in total. The monoisotopic (exact) mass is 265 g/mol. The van der Waals surface area contributed by atoms with Crippen molar-refractivity contribution in [2.75, 3.05) is 11.4 Å². The zero-order valence-corrected chi connectivity index (χ0v) is 9.44. The first-order valence-electron chi connectivity index (χ1n) is 4.46. The Morgan fingerprint density at radius 3 is 2.87 bits per heavy atom. The van der Waals surface area contributed by atoms with Gasteiger partial charge in [0.05, 0.1) is 0 Å². The summed E-state index contributed by atoms with van der Waals surface area (Å²) < 4.78 is 0.645. The van der Waals surface area contributed by atoms with E-state index < -0.39 is 0 Å². The van der Waals surface area contributed by atoms with Gasteiger partial charge in [-0.25, -0.2) is 0 Å². The third-order valence-electron chi connectivity index (χ3n) is 2.26. The van der Waals surface area contributed by atoms with Crippen LogP contribution < -0.4 is 4.90 Å². The molecule has 0 aromatic carbocycles. The molecule has 0 aliphatic carbocycles. The molecule has 2 heterocycles. The van der Waals surface area contributed by atoms with Crippen molar-refractivity contribution in [1.29, 1.82) is 0 Å². The average Bonchev–Trinajstić information content (AvgIpc) is 2.61. The molecule has 1 unspecified atom stereocenters. The fourth-order valence-electron chi connectivity index (χ4n) is 1.49. The van der Waals surface area contributed by atoms with Crippen molar-refractivity contribution in [2.24, 2.45) is 5.92 Å². The number of carbonyl (C=O) groups is 1. The molecule has 76 valence electrons. The van der Waals surface area contributed by atoms with E-state index in [1.54, 1.807) is 17.0 Å². The average molecular weight is 266 g/mol. The Kier molecular flexibility index (Phi) is 2.69. The molecule has 1 atom stereocenters. The van der Waals surface area contributed by atoms with Crippen LogP contribution in [0.3, 0.4) is 0 Å². The number of nitrogens with zero attached hydrogens (tertiary/aromatic N) is 3. The third kappa shape index (κ3) is 2.00. The van der Waals surface area contributed by atoms with Crippen molar-refractivity contribution in [2.45, 2.75) is 6.42 Å². The molecule has 2 rings (SSSR count). The Hall–Kier alpha value is -1.41. The van der Waals surface area contributed by atoms with Gasteiger partial charge in [-0.05, 0) is 28.1 Å². The summed E-state index contributed by atoms with van der Waals surface area (Å²) in [6, 6.07) is 3.49. The smallest absolute Gasteiger partial charge is 0.229 e. The lowest BCUT2D eigenvalue weighted by Gasteiger charge is -2.13. The Balaban J connectivity index is 2.22.